The predicted octanol–water partition coefficient (Wildman–Crippen LogP) is 3.82. The summed E-state index contributed by atoms with van der Waals surface area (Å²) in [5.74, 6) is 0.847. The van der Waals surface area contributed by atoms with E-state index in [4.69, 9.17) is 4.42 Å². The zero-order valence-corrected chi connectivity index (χ0v) is 16.5. The second-order valence-electron chi connectivity index (χ2n) is 5.96. The maximum absolute atomic E-state index is 12.4. The molecule has 0 saturated carbocycles. The van der Waals surface area contributed by atoms with Crippen LogP contribution in [0.3, 0.4) is 0 Å². The fourth-order valence-corrected chi connectivity index (χ4v) is 4.18. The first-order chi connectivity index (χ1) is 13.7. The van der Waals surface area contributed by atoms with Gasteiger partial charge in [0.1, 0.15) is 23.2 Å². The first-order valence-corrected chi connectivity index (χ1v) is 10.3. The second kappa shape index (κ2) is 7.88. The van der Waals surface area contributed by atoms with Gasteiger partial charge in [-0.2, -0.15) is 5.26 Å². The summed E-state index contributed by atoms with van der Waals surface area (Å²) < 4.78 is 7.37. The van der Waals surface area contributed by atoms with Gasteiger partial charge in [-0.1, -0.05) is 30.0 Å². The average Bonchev–Trinajstić information content (AvgIpc) is 3.42. The minimum absolute atomic E-state index is 0.0939. The summed E-state index contributed by atoms with van der Waals surface area (Å²) in [7, 11) is 1.89. The zero-order valence-electron chi connectivity index (χ0n) is 14.9. The second-order valence-corrected chi connectivity index (χ2v) is 7.94. The normalized spacial score (nSPS) is 10.9. The molecule has 9 heteroatoms. The fourth-order valence-electron chi connectivity index (χ4n) is 2.75. The number of nitrogens with one attached hydrogen (secondary N) is 1. The van der Waals surface area contributed by atoms with Gasteiger partial charge < -0.3 is 14.3 Å². The van der Waals surface area contributed by atoms with E-state index in [9.17, 15) is 10.1 Å². The van der Waals surface area contributed by atoms with Crippen LogP contribution in [0, 0.1) is 11.3 Å². The van der Waals surface area contributed by atoms with Crippen LogP contribution in [0.2, 0.25) is 0 Å². The molecule has 7 nitrogen and oxygen atoms in total. The number of anilines is 1. The molecular formula is C19H15N5O2S2. The van der Waals surface area contributed by atoms with Gasteiger partial charge in [-0.25, -0.2) is 0 Å². The number of nitrogens with zero attached hydrogens (tertiary/aromatic N) is 4. The van der Waals surface area contributed by atoms with E-state index in [0.29, 0.717) is 28.2 Å². The van der Waals surface area contributed by atoms with Crippen LogP contribution in [-0.2, 0) is 18.3 Å². The Balaban J connectivity index is 1.43. The lowest BCUT2D eigenvalue weighted by Crippen LogP contribution is -2.15. The van der Waals surface area contributed by atoms with Crippen LogP contribution >= 0.6 is 23.1 Å². The van der Waals surface area contributed by atoms with Crippen molar-refractivity contribution < 1.29 is 9.21 Å². The smallest absolute Gasteiger partial charge is 0.234 e. The largest absolute Gasteiger partial charge is 0.443 e. The molecule has 0 spiro atoms. The average molecular weight is 409 g/mol. The summed E-state index contributed by atoms with van der Waals surface area (Å²) in [6.07, 6.45) is 0.709. The number of furan rings is 1. The minimum Gasteiger partial charge on any atom is -0.443 e. The van der Waals surface area contributed by atoms with Crippen molar-refractivity contribution in [2.45, 2.75) is 11.6 Å². The van der Waals surface area contributed by atoms with Gasteiger partial charge in [-0.15, -0.1) is 21.5 Å². The molecule has 0 saturated heterocycles. The number of fused-ring (bicyclic) bond motifs is 1. The first-order valence-electron chi connectivity index (χ1n) is 8.40. The van der Waals surface area contributed by atoms with Crippen molar-refractivity contribution in [2.24, 2.45) is 7.05 Å². The van der Waals surface area contributed by atoms with Crippen LogP contribution in [0.1, 0.15) is 16.5 Å². The van der Waals surface area contributed by atoms with Crippen molar-refractivity contribution in [3.05, 3.63) is 58.2 Å². The lowest BCUT2D eigenvalue weighted by molar-refractivity contribution is -0.113. The maximum Gasteiger partial charge on any atom is 0.234 e. The maximum atomic E-state index is 12.4. The molecule has 0 aliphatic heterocycles. The third-order valence-corrected chi connectivity index (χ3v) is 6.03. The number of carbonyl (C=O) groups excluding carboxylic acids is 1. The molecule has 28 heavy (non-hydrogen) atoms. The Morgan fingerprint density at radius 2 is 2.18 bits per heavy atom. The Morgan fingerprint density at radius 1 is 1.32 bits per heavy atom. The van der Waals surface area contributed by atoms with Gasteiger partial charge in [-0.05, 0) is 23.6 Å². The van der Waals surface area contributed by atoms with E-state index >= 15 is 0 Å². The topological polar surface area (TPSA) is 96.7 Å². The minimum atomic E-state index is -0.240. The lowest BCUT2D eigenvalue weighted by Gasteiger charge is -2.05. The molecule has 1 aromatic carbocycles. The van der Waals surface area contributed by atoms with E-state index in [2.05, 4.69) is 21.6 Å². The van der Waals surface area contributed by atoms with Gasteiger partial charge in [0.15, 0.2) is 5.16 Å². The monoisotopic (exact) mass is 409 g/mol. The van der Waals surface area contributed by atoms with Gasteiger partial charge in [-0.3, -0.25) is 4.79 Å². The molecule has 1 N–H and O–H groups in total. The molecule has 4 aromatic rings. The molecule has 0 unspecified atom stereocenters. The summed E-state index contributed by atoms with van der Waals surface area (Å²) in [5.41, 5.74) is 0.966. The molecule has 0 bridgehead atoms. The van der Waals surface area contributed by atoms with Crippen molar-refractivity contribution in [1.29, 1.82) is 5.26 Å². The molecule has 3 aromatic heterocycles. The number of thiophene rings is 1. The highest BCUT2D eigenvalue weighted by atomic mass is 32.2. The standard InChI is InChI=1S/C19H15N5O2S2/c1-24-16(9-12-5-4-8-27-12)22-23-19(24)28-11-17(25)21-18-13-6-2-3-7-14(13)26-15(18)10-20/h2-8H,9,11H2,1H3,(H,21,25). The number of nitriles is 1. The summed E-state index contributed by atoms with van der Waals surface area (Å²) >= 11 is 2.97. The molecule has 140 valence electrons. The molecule has 0 aliphatic carbocycles. The summed E-state index contributed by atoms with van der Waals surface area (Å²) in [6.45, 7) is 0. The van der Waals surface area contributed by atoms with Gasteiger partial charge in [0.25, 0.3) is 0 Å². The molecule has 4 rings (SSSR count). The number of benzene rings is 1. The van der Waals surface area contributed by atoms with E-state index < -0.39 is 0 Å². The first kappa shape index (κ1) is 18.3. The molecule has 0 atom stereocenters. The van der Waals surface area contributed by atoms with E-state index in [1.54, 1.807) is 17.4 Å². The van der Waals surface area contributed by atoms with Crippen LogP contribution in [0.25, 0.3) is 11.0 Å². The van der Waals surface area contributed by atoms with Gasteiger partial charge in [0, 0.05) is 23.7 Å². The van der Waals surface area contributed by atoms with Crippen LogP contribution < -0.4 is 5.32 Å². The Kier molecular flexibility index (Phi) is 5.14. The molecule has 1 amide bonds. The van der Waals surface area contributed by atoms with Gasteiger partial charge in [0.2, 0.25) is 11.7 Å². The number of hydrogen-bond acceptors (Lipinski definition) is 7. The number of hydrogen-bond donors (Lipinski definition) is 1. The van der Waals surface area contributed by atoms with E-state index in [1.807, 2.05) is 47.3 Å². The quantitative estimate of drug-likeness (QED) is 0.486. The van der Waals surface area contributed by atoms with Crippen molar-refractivity contribution in [3.63, 3.8) is 0 Å². The summed E-state index contributed by atoms with van der Waals surface area (Å²) in [4.78, 5) is 13.6. The molecular weight excluding hydrogens is 394 g/mol. The molecule has 3 heterocycles. The van der Waals surface area contributed by atoms with Crippen LogP contribution in [0.4, 0.5) is 5.69 Å². The Morgan fingerprint density at radius 3 is 2.96 bits per heavy atom. The molecule has 0 aliphatic rings. The highest BCUT2D eigenvalue weighted by Crippen LogP contribution is 2.30. The third kappa shape index (κ3) is 3.65. The Hall–Kier alpha value is -3.09. The molecule has 0 fully saturated rings. The fraction of sp³-hybridized carbons (Fsp3) is 0.158. The van der Waals surface area contributed by atoms with Crippen molar-refractivity contribution in [3.8, 4) is 6.07 Å². The SMILES string of the molecule is Cn1c(Cc2cccs2)nnc1SCC(=O)Nc1c(C#N)oc2ccccc12. The van der Waals surface area contributed by atoms with Gasteiger partial charge in [0.05, 0.1) is 5.75 Å². The van der Waals surface area contributed by atoms with E-state index in [-0.39, 0.29) is 17.4 Å². The van der Waals surface area contributed by atoms with Gasteiger partial charge >= 0.3 is 0 Å². The summed E-state index contributed by atoms with van der Waals surface area (Å²) in [5, 5.41) is 23.8. The number of carbonyl (C=O) groups is 1. The lowest BCUT2D eigenvalue weighted by atomic mass is 10.2. The number of para-hydroxylation sites is 1. The Bertz CT molecular complexity index is 1170. The number of amides is 1. The zero-order chi connectivity index (χ0) is 19.5. The highest BCUT2D eigenvalue weighted by molar-refractivity contribution is 7.99. The van der Waals surface area contributed by atoms with Crippen LogP contribution in [0.15, 0.2) is 51.4 Å². The van der Waals surface area contributed by atoms with Crippen LogP contribution in [-0.4, -0.2) is 26.4 Å². The predicted molar refractivity (Wildman–Crippen MR) is 108 cm³/mol. The van der Waals surface area contributed by atoms with Crippen molar-refractivity contribution in [2.75, 3.05) is 11.1 Å². The van der Waals surface area contributed by atoms with E-state index in [0.717, 1.165) is 5.82 Å². The van der Waals surface area contributed by atoms with Crippen molar-refractivity contribution >= 4 is 45.7 Å². The van der Waals surface area contributed by atoms with Crippen LogP contribution in [0.5, 0.6) is 0 Å². The number of thioether (sulfide) groups is 1. The van der Waals surface area contributed by atoms with E-state index in [1.165, 1.54) is 16.6 Å². The number of rotatable bonds is 6. The highest BCUT2D eigenvalue weighted by Gasteiger charge is 2.17. The Labute approximate surface area is 169 Å². The third-order valence-electron chi connectivity index (χ3n) is 4.13. The summed E-state index contributed by atoms with van der Waals surface area (Å²) in [6, 6.07) is 13.3. The number of aromatic nitrogens is 3. The van der Waals surface area contributed by atoms with Crippen molar-refractivity contribution in [1.82, 2.24) is 14.8 Å². The molecule has 0 radical (unpaired) electrons.